The zero-order valence-corrected chi connectivity index (χ0v) is 9.20. The van der Waals surface area contributed by atoms with Crippen molar-refractivity contribution in [3.05, 3.63) is 28.8 Å². The fourth-order valence-electron chi connectivity index (χ4n) is 1.19. The molecular formula is C10H12ClF3N2. The second kappa shape index (κ2) is 5.41. The number of nitrogens with two attached hydrogens (primary N) is 1. The molecule has 0 saturated heterocycles. The first kappa shape index (κ1) is 13.1. The van der Waals surface area contributed by atoms with Gasteiger partial charge in [0.1, 0.15) is 0 Å². The van der Waals surface area contributed by atoms with Crippen molar-refractivity contribution >= 4 is 17.3 Å². The number of rotatable bonds is 4. The molecule has 2 nitrogen and oxygen atoms in total. The largest absolute Gasteiger partial charge is 0.417 e. The summed E-state index contributed by atoms with van der Waals surface area (Å²) in [6.07, 6.45) is -3.73. The summed E-state index contributed by atoms with van der Waals surface area (Å²) in [6.45, 7) is 1.03. The molecule has 0 aliphatic heterocycles. The van der Waals surface area contributed by atoms with Gasteiger partial charge in [0.05, 0.1) is 10.6 Å². The molecule has 16 heavy (non-hydrogen) atoms. The number of hydrogen-bond donors (Lipinski definition) is 2. The van der Waals surface area contributed by atoms with E-state index in [4.69, 9.17) is 17.3 Å². The molecule has 1 aromatic carbocycles. The van der Waals surface area contributed by atoms with Crippen molar-refractivity contribution in [3.63, 3.8) is 0 Å². The third kappa shape index (κ3) is 3.57. The van der Waals surface area contributed by atoms with E-state index in [1.54, 1.807) is 0 Å². The molecule has 0 aliphatic carbocycles. The summed E-state index contributed by atoms with van der Waals surface area (Å²) in [6, 6.07) is 3.74. The van der Waals surface area contributed by atoms with E-state index in [-0.39, 0.29) is 5.02 Å². The van der Waals surface area contributed by atoms with Crippen LogP contribution < -0.4 is 11.1 Å². The summed E-state index contributed by atoms with van der Waals surface area (Å²) >= 11 is 5.47. The van der Waals surface area contributed by atoms with E-state index in [1.807, 2.05) is 0 Å². The SMILES string of the molecule is NCCCNc1ccc(Cl)c(C(F)(F)F)c1. The average Bonchev–Trinajstić information content (AvgIpc) is 2.19. The van der Waals surface area contributed by atoms with Crippen LogP contribution in [0.15, 0.2) is 18.2 Å². The monoisotopic (exact) mass is 252 g/mol. The van der Waals surface area contributed by atoms with Crippen LogP contribution in [0.2, 0.25) is 5.02 Å². The summed E-state index contributed by atoms with van der Waals surface area (Å²) in [5, 5.41) is 2.55. The van der Waals surface area contributed by atoms with E-state index in [0.29, 0.717) is 25.2 Å². The van der Waals surface area contributed by atoms with Crippen molar-refractivity contribution in [1.29, 1.82) is 0 Å². The van der Waals surface area contributed by atoms with E-state index >= 15 is 0 Å². The first-order chi connectivity index (χ1) is 7.45. The lowest BCUT2D eigenvalue weighted by molar-refractivity contribution is -0.137. The standard InChI is InChI=1S/C10H12ClF3N2/c11-9-3-2-7(16-5-1-4-15)6-8(9)10(12,13)14/h2-3,6,16H,1,4-5,15H2. The highest BCUT2D eigenvalue weighted by molar-refractivity contribution is 6.31. The lowest BCUT2D eigenvalue weighted by atomic mass is 10.2. The summed E-state index contributed by atoms with van der Waals surface area (Å²) in [4.78, 5) is 0. The minimum atomic E-state index is -4.43. The molecule has 0 saturated carbocycles. The highest BCUT2D eigenvalue weighted by atomic mass is 35.5. The molecule has 0 atom stereocenters. The van der Waals surface area contributed by atoms with Crippen molar-refractivity contribution in [2.45, 2.75) is 12.6 Å². The van der Waals surface area contributed by atoms with Crippen LogP contribution in [-0.2, 0) is 6.18 Å². The highest BCUT2D eigenvalue weighted by Gasteiger charge is 2.33. The minimum absolute atomic E-state index is 0.295. The van der Waals surface area contributed by atoms with Gasteiger partial charge in [-0.3, -0.25) is 0 Å². The van der Waals surface area contributed by atoms with Gasteiger partial charge in [0.25, 0.3) is 0 Å². The van der Waals surface area contributed by atoms with Gasteiger partial charge in [0, 0.05) is 12.2 Å². The summed E-state index contributed by atoms with van der Waals surface area (Å²) < 4.78 is 37.5. The molecule has 0 unspecified atom stereocenters. The molecule has 0 bridgehead atoms. The molecule has 0 heterocycles. The highest BCUT2D eigenvalue weighted by Crippen LogP contribution is 2.36. The van der Waals surface area contributed by atoms with E-state index in [2.05, 4.69) is 5.32 Å². The van der Waals surface area contributed by atoms with Crippen LogP contribution in [0.1, 0.15) is 12.0 Å². The normalized spacial score (nSPS) is 11.6. The van der Waals surface area contributed by atoms with Crippen LogP contribution in [0.4, 0.5) is 18.9 Å². The summed E-state index contributed by atoms with van der Waals surface area (Å²) in [5.74, 6) is 0. The van der Waals surface area contributed by atoms with Gasteiger partial charge in [-0.2, -0.15) is 13.2 Å². The first-order valence-electron chi connectivity index (χ1n) is 4.76. The Labute approximate surface area is 96.6 Å². The van der Waals surface area contributed by atoms with Crippen LogP contribution in [0.5, 0.6) is 0 Å². The Morgan fingerprint density at radius 3 is 2.56 bits per heavy atom. The van der Waals surface area contributed by atoms with Crippen molar-refractivity contribution < 1.29 is 13.2 Å². The third-order valence-electron chi connectivity index (χ3n) is 1.98. The molecular weight excluding hydrogens is 241 g/mol. The molecule has 90 valence electrons. The van der Waals surface area contributed by atoms with Gasteiger partial charge >= 0.3 is 6.18 Å². The number of halogens is 4. The molecule has 3 N–H and O–H groups in total. The van der Waals surface area contributed by atoms with Crippen LogP contribution in [0.25, 0.3) is 0 Å². The molecule has 0 aliphatic rings. The molecule has 0 fully saturated rings. The van der Waals surface area contributed by atoms with E-state index in [9.17, 15) is 13.2 Å². The van der Waals surface area contributed by atoms with Crippen molar-refractivity contribution in [3.8, 4) is 0 Å². The van der Waals surface area contributed by atoms with Gasteiger partial charge in [-0.05, 0) is 31.2 Å². The molecule has 6 heteroatoms. The number of benzene rings is 1. The predicted octanol–water partition coefficient (Wildman–Crippen LogP) is 3.12. The van der Waals surface area contributed by atoms with E-state index < -0.39 is 11.7 Å². The minimum Gasteiger partial charge on any atom is -0.385 e. The first-order valence-corrected chi connectivity index (χ1v) is 5.13. The maximum Gasteiger partial charge on any atom is 0.417 e. The quantitative estimate of drug-likeness (QED) is 0.808. The fraction of sp³-hybridized carbons (Fsp3) is 0.400. The predicted molar refractivity (Wildman–Crippen MR) is 58.6 cm³/mol. The van der Waals surface area contributed by atoms with Gasteiger partial charge in [0.15, 0.2) is 0 Å². The fourth-order valence-corrected chi connectivity index (χ4v) is 1.41. The van der Waals surface area contributed by atoms with E-state index in [1.165, 1.54) is 12.1 Å². The van der Waals surface area contributed by atoms with Crippen molar-refractivity contribution in [2.75, 3.05) is 18.4 Å². The Kier molecular flexibility index (Phi) is 4.44. The van der Waals surface area contributed by atoms with Crippen LogP contribution in [-0.4, -0.2) is 13.1 Å². The maximum absolute atomic E-state index is 12.5. The lowest BCUT2D eigenvalue weighted by Gasteiger charge is -2.12. The molecule has 1 aromatic rings. The topological polar surface area (TPSA) is 38.0 Å². The third-order valence-corrected chi connectivity index (χ3v) is 2.31. The van der Waals surface area contributed by atoms with E-state index in [0.717, 1.165) is 6.07 Å². The van der Waals surface area contributed by atoms with Crippen LogP contribution >= 0.6 is 11.6 Å². The molecule has 1 rings (SSSR count). The smallest absolute Gasteiger partial charge is 0.385 e. The Morgan fingerprint density at radius 1 is 1.31 bits per heavy atom. The van der Waals surface area contributed by atoms with Gasteiger partial charge < -0.3 is 11.1 Å². The Hall–Kier alpha value is -0.940. The maximum atomic E-state index is 12.5. The number of alkyl halides is 3. The summed E-state index contributed by atoms with van der Waals surface area (Å²) in [5.41, 5.74) is 4.84. The molecule has 0 amide bonds. The van der Waals surface area contributed by atoms with Gasteiger partial charge in [-0.25, -0.2) is 0 Å². The van der Waals surface area contributed by atoms with Crippen LogP contribution in [0.3, 0.4) is 0 Å². The number of anilines is 1. The molecule has 0 aromatic heterocycles. The zero-order chi connectivity index (χ0) is 12.2. The molecule has 0 spiro atoms. The van der Waals surface area contributed by atoms with Crippen molar-refractivity contribution in [1.82, 2.24) is 0 Å². The number of hydrogen-bond acceptors (Lipinski definition) is 2. The second-order valence-corrected chi connectivity index (χ2v) is 3.67. The Bertz CT molecular complexity index is 352. The lowest BCUT2D eigenvalue weighted by Crippen LogP contribution is -2.10. The van der Waals surface area contributed by atoms with Crippen molar-refractivity contribution in [2.24, 2.45) is 5.73 Å². The van der Waals surface area contributed by atoms with Gasteiger partial charge in [0.2, 0.25) is 0 Å². The van der Waals surface area contributed by atoms with Gasteiger partial charge in [-0.1, -0.05) is 11.6 Å². The summed E-state index contributed by atoms with van der Waals surface area (Å²) in [7, 11) is 0. The second-order valence-electron chi connectivity index (χ2n) is 3.26. The Morgan fingerprint density at radius 2 is 2.00 bits per heavy atom. The average molecular weight is 253 g/mol. The molecule has 0 radical (unpaired) electrons. The van der Waals surface area contributed by atoms with Crippen LogP contribution in [0, 0.1) is 0 Å². The Balaban J connectivity index is 2.82. The number of nitrogens with one attached hydrogen (secondary N) is 1. The van der Waals surface area contributed by atoms with Gasteiger partial charge in [-0.15, -0.1) is 0 Å². The zero-order valence-electron chi connectivity index (χ0n) is 8.44.